The van der Waals surface area contributed by atoms with Gasteiger partial charge in [0.25, 0.3) is 5.82 Å². The van der Waals surface area contributed by atoms with Crippen LogP contribution in [0.5, 0.6) is 0 Å². The van der Waals surface area contributed by atoms with E-state index in [1.54, 1.807) is 13.2 Å². The predicted octanol–water partition coefficient (Wildman–Crippen LogP) is 2.63. The molecular formula is C20H22F3N7O. The van der Waals surface area contributed by atoms with E-state index in [1.807, 2.05) is 18.0 Å². The second-order valence-electron chi connectivity index (χ2n) is 8.01. The number of hydrogen-bond acceptors (Lipinski definition) is 7. The maximum absolute atomic E-state index is 13.3. The Labute approximate surface area is 176 Å². The van der Waals surface area contributed by atoms with E-state index in [1.165, 1.54) is 0 Å². The minimum absolute atomic E-state index is 0.0802. The third-order valence-electron chi connectivity index (χ3n) is 5.98. The van der Waals surface area contributed by atoms with E-state index in [0.717, 1.165) is 46.5 Å². The normalized spacial score (nSPS) is 19.3. The van der Waals surface area contributed by atoms with Crippen molar-refractivity contribution in [3.8, 4) is 0 Å². The van der Waals surface area contributed by atoms with Gasteiger partial charge in [-0.1, -0.05) is 0 Å². The number of fused-ring (bicyclic) bond motifs is 2. The number of aromatic nitrogens is 5. The van der Waals surface area contributed by atoms with E-state index in [0.29, 0.717) is 25.3 Å². The van der Waals surface area contributed by atoms with Gasteiger partial charge in [0.05, 0.1) is 18.0 Å². The van der Waals surface area contributed by atoms with E-state index < -0.39 is 12.0 Å². The van der Waals surface area contributed by atoms with Crippen LogP contribution in [0, 0.1) is 6.92 Å². The Hall–Kier alpha value is -2.95. The average Bonchev–Trinajstić information content (AvgIpc) is 3.39. The molecule has 164 valence electrons. The summed E-state index contributed by atoms with van der Waals surface area (Å²) in [5, 5.41) is 11.2. The van der Waals surface area contributed by atoms with E-state index in [-0.39, 0.29) is 11.8 Å². The fraction of sp³-hybridized carbons (Fsp3) is 0.500. The zero-order chi connectivity index (χ0) is 21.8. The van der Waals surface area contributed by atoms with Crippen LogP contribution in [0.4, 0.5) is 24.7 Å². The van der Waals surface area contributed by atoms with Crippen molar-refractivity contribution in [1.29, 1.82) is 0 Å². The van der Waals surface area contributed by atoms with Gasteiger partial charge in [0.15, 0.2) is 11.5 Å². The fourth-order valence-corrected chi connectivity index (χ4v) is 4.32. The Bertz CT molecular complexity index is 1130. The summed E-state index contributed by atoms with van der Waals surface area (Å²) < 4.78 is 46.0. The van der Waals surface area contributed by atoms with Crippen molar-refractivity contribution >= 4 is 17.2 Å². The molecule has 1 unspecified atom stereocenters. The molecule has 3 aromatic heterocycles. The second kappa shape index (κ2) is 7.33. The number of alkyl halides is 3. The molecule has 8 nitrogen and oxygen atoms in total. The molecule has 1 atom stereocenters. The van der Waals surface area contributed by atoms with Crippen LogP contribution < -0.4 is 9.80 Å². The average molecular weight is 433 g/mol. The lowest BCUT2D eigenvalue weighted by molar-refractivity contribution is -0.146. The zero-order valence-corrected chi connectivity index (χ0v) is 17.2. The van der Waals surface area contributed by atoms with Crippen molar-refractivity contribution in [2.45, 2.75) is 38.6 Å². The van der Waals surface area contributed by atoms with E-state index >= 15 is 0 Å². The molecule has 5 rings (SSSR count). The van der Waals surface area contributed by atoms with Gasteiger partial charge < -0.3 is 14.5 Å². The number of aryl methyl sites for hydroxylation is 1. The summed E-state index contributed by atoms with van der Waals surface area (Å²) in [6.07, 6.45) is -0.831. The minimum Gasteiger partial charge on any atom is -0.380 e. The SMILES string of the molecule is COC1CCN(c2cnc3c(c2)CN(c2nn4c(C(F)(F)F)nnc4cc2C)CC3)C1. The van der Waals surface area contributed by atoms with Gasteiger partial charge in [-0.05, 0) is 36.6 Å². The summed E-state index contributed by atoms with van der Waals surface area (Å²) in [7, 11) is 1.73. The minimum atomic E-state index is -4.62. The lowest BCUT2D eigenvalue weighted by Crippen LogP contribution is -2.33. The summed E-state index contributed by atoms with van der Waals surface area (Å²) in [6, 6.07) is 3.71. The van der Waals surface area contributed by atoms with Crippen LogP contribution >= 0.6 is 0 Å². The monoisotopic (exact) mass is 433 g/mol. The number of ether oxygens (including phenoxy) is 1. The molecule has 3 aromatic rings. The molecule has 0 bridgehead atoms. The molecule has 0 N–H and O–H groups in total. The van der Waals surface area contributed by atoms with Gasteiger partial charge in [0, 0.05) is 45.4 Å². The van der Waals surface area contributed by atoms with Crippen molar-refractivity contribution in [2.75, 3.05) is 36.5 Å². The van der Waals surface area contributed by atoms with E-state index in [2.05, 4.69) is 31.2 Å². The van der Waals surface area contributed by atoms with Gasteiger partial charge in [-0.25, -0.2) is 0 Å². The highest BCUT2D eigenvalue weighted by molar-refractivity contribution is 5.56. The van der Waals surface area contributed by atoms with Gasteiger partial charge >= 0.3 is 6.18 Å². The Kier molecular flexibility index (Phi) is 4.72. The second-order valence-corrected chi connectivity index (χ2v) is 8.01. The third-order valence-corrected chi connectivity index (χ3v) is 5.98. The standard InChI is InChI=1S/C20H22F3N7O/c1-12-7-17-25-26-19(20(21,22)23)30(17)27-18(12)29-6-4-16-13(10-29)8-14(9-24-16)28-5-3-15(11-28)31-2/h7-9,15H,3-6,10-11H2,1-2H3. The highest BCUT2D eigenvalue weighted by Gasteiger charge is 2.38. The molecule has 5 heterocycles. The summed E-state index contributed by atoms with van der Waals surface area (Å²) in [5.41, 5.74) is 3.95. The molecule has 0 spiro atoms. The number of anilines is 2. The highest BCUT2D eigenvalue weighted by Crippen LogP contribution is 2.31. The van der Waals surface area contributed by atoms with Crippen molar-refractivity contribution < 1.29 is 17.9 Å². The summed E-state index contributed by atoms with van der Waals surface area (Å²) in [6.45, 7) is 4.71. The molecule has 0 aliphatic carbocycles. The highest BCUT2D eigenvalue weighted by atomic mass is 19.4. The molecule has 0 amide bonds. The van der Waals surface area contributed by atoms with Crippen LogP contribution in [-0.4, -0.2) is 57.6 Å². The molecule has 11 heteroatoms. The molecule has 1 fully saturated rings. The number of rotatable bonds is 3. The molecular weight excluding hydrogens is 411 g/mol. The van der Waals surface area contributed by atoms with Crippen LogP contribution in [0.2, 0.25) is 0 Å². The number of nitrogens with zero attached hydrogens (tertiary/aromatic N) is 7. The Morgan fingerprint density at radius 1 is 1.13 bits per heavy atom. The number of methoxy groups -OCH3 is 1. The van der Waals surface area contributed by atoms with Crippen molar-refractivity contribution in [3.63, 3.8) is 0 Å². The van der Waals surface area contributed by atoms with Gasteiger partial charge in [-0.15, -0.1) is 15.3 Å². The predicted molar refractivity (Wildman–Crippen MR) is 107 cm³/mol. The Morgan fingerprint density at radius 3 is 2.71 bits per heavy atom. The van der Waals surface area contributed by atoms with E-state index in [9.17, 15) is 13.2 Å². The molecule has 2 aliphatic rings. The fourth-order valence-electron chi connectivity index (χ4n) is 4.32. The Balaban J connectivity index is 1.45. The summed E-state index contributed by atoms with van der Waals surface area (Å²) in [5.74, 6) is -0.624. The van der Waals surface area contributed by atoms with Crippen LogP contribution in [0.15, 0.2) is 18.3 Å². The molecule has 31 heavy (non-hydrogen) atoms. The lowest BCUT2D eigenvalue weighted by Gasteiger charge is -2.31. The van der Waals surface area contributed by atoms with Crippen LogP contribution in [-0.2, 0) is 23.9 Å². The van der Waals surface area contributed by atoms with E-state index in [4.69, 9.17) is 4.74 Å². The maximum Gasteiger partial charge on any atom is 0.453 e. The van der Waals surface area contributed by atoms with Gasteiger partial charge in [-0.3, -0.25) is 4.98 Å². The first-order chi connectivity index (χ1) is 14.8. The third kappa shape index (κ3) is 3.56. The lowest BCUT2D eigenvalue weighted by atomic mass is 10.0. The van der Waals surface area contributed by atoms with Crippen molar-refractivity contribution in [1.82, 2.24) is 24.8 Å². The number of halogens is 3. The van der Waals surface area contributed by atoms with Crippen LogP contribution in [0.1, 0.15) is 29.1 Å². The molecule has 0 aromatic carbocycles. The van der Waals surface area contributed by atoms with Crippen LogP contribution in [0.25, 0.3) is 5.65 Å². The Morgan fingerprint density at radius 2 is 1.97 bits per heavy atom. The quantitative estimate of drug-likeness (QED) is 0.629. The van der Waals surface area contributed by atoms with Gasteiger partial charge in [0.2, 0.25) is 0 Å². The number of pyridine rings is 1. The zero-order valence-electron chi connectivity index (χ0n) is 17.2. The maximum atomic E-state index is 13.3. The topological polar surface area (TPSA) is 71.7 Å². The molecule has 2 aliphatic heterocycles. The molecule has 0 saturated carbocycles. The first-order valence-corrected chi connectivity index (χ1v) is 10.1. The summed E-state index contributed by atoms with van der Waals surface area (Å²) in [4.78, 5) is 8.89. The first-order valence-electron chi connectivity index (χ1n) is 10.1. The van der Waals surface area contributed by atoms with Crippen molar-refractivity contribution in [3.05, 3.63) is 41.0 Å². The largest absolute Gasteiger partial charge is 0.453 e. The number of hydrogen-bond donors (Lipinski definition) is 0. The first kappa shape index (κ1) is 20.0. The van der Waals surface area contributed by atoms with Gasteiger partial charge in [0.1, 0.15) is 0 Å². The smallest absolute Gasteiger partial charge is 0.380 e. The summed E-state index contributed by atoms with van der Waals surface area (Å²) >= 11 is 0. The van der Waals surface area contributed by atoms with Crippen LogP contribution in [0.3, 0.4) is 0 Å². The molecule has 1 saturated heterocycles. The van der Waals surface area contributed by atoms with Crippen molar-refractivity contribution in [2.24, 2.45) is 0 Å². The van der Waals surface area contributed by atoms with Gasteiger partial charge in [-0.2, -0.15) is 17.7 Å². The molecule has 0 radical (unpaired) electrons.